The smallest absolute Gasteiger partial charge is 0.325 e. The van der Waals surface area contributed by atoms with E-state index in [9.17, 15) is 9.59 Å². The highest BCUT2D eigenvalue weighted by atomic mass is 16.5. The molecule has 0 bridgehead atoms. The maximum atomic E-state index is 11.9. The van der Waals surface area contributed by atoms with Gasteiger partial charge >= 0.3 is 5.97 Å². The molecule has 0 spiro atoms. The van der Waals surface area contributed by atoms with Gasteiger partial charge in [-0.25, -0.2) is 0 Å². The standard InChI is InChI=1S/C11H15NO4/c1-7-5-9(8(2)16-7)11(14)12(3)6-10(13)15-4/h5H,6H2,1-4H3. The van der Waals surface area contributed by atoms with Gasteiger partial charge in [-0.05, 0) is 19.9 Å². The van der Waals surface area contributed by atoms with Gasteiger partial charge in [0.05, 0.1) is 12.7 Å². The zero-order chi connectivity index (χ0) is 12.3. The van der Waals surface area contributed by atoms with Gasteiger partial charge in [0.1, 0.15) is 18.1 Å². The Balaban J connectivity index is 2.78. The van der Waals surface area contributed by atoms with Crippen molar-refractivity contribution in [1.29, 1.82) is 0 Å². The highest BCUT2D eigenvalue weighted by molar-refractivity contribution is 5.96. The number of carbonyl (C=O) groups excluding carboxylic acids is 2. The summed E-state index contributed by atoms with van der Waals surface area (Å²) >= 11 is 0. The maximum absolute atomic E-state index is 11.9. The number of hydrogen-bond acceptors (Lipinski definition) is 4. The predicted molar refractivity (Wildman–Crippen MR) is 57.2 cm³/mol. The van der Waals surface area contributed by atoms with Crippen molar-refractivity contribution in [3.63, 3.8) is 0 Å². The fourth-order valence-electron chi connectivity index (χ4n) is 1.38. The van der Waals surface area contributed by atoms with Gasteiger partial charge in [0.2, 0.25) is 0 Å². The zero-order valence-corrected chi connectivity index (χ0v) is 9.86. The lowest BCUT2D eigenvalue weighted by molar-refractivity contribution is -0.141. The summed E-state index contributed by atoms with van der Waals surface area (Å²) in [4.78, 5) is 24.2. The van der Waals surface area contributed by atoms with Gasteiger partial charge in [-0.3, -0.25) is 9.59 Å². The summed E-state index contributed by atoms with van der Waals surface area (Å²) in [5, 5.41) is 0. The molecule has 88 valence electrons. The molecule has 0 aliphatic carbocycles. The Morgan fingerprint density at radius 1 is 1.44 bits per heavy atom. The molecule has 0 fully saturated rings. The van der Waals surface area contributed by atoms with E-state index in [1.807, 2.05) is 0 Å². The normalized spacial score (nSPS) is 10.0. The molecule has 1 heterocycles. The van der Waals surface area contributed by atoms with Crippen LogP contribution in [-0.4, -0.2) is 37.5 Å². The molecule has 1 aromatic heterocycles. The van der Waals surface area contributed by atoms with Gasteiger partial charge in [-0.15, -0.1) is 0 Å². The molecule has 1 aromatic rings. The van der Waals surface area contributed by atoms with Crippen LogP contribution in [0, 0.1) is 13.8 Å². The van der Waals surface area contributed by atoms with Gasteiger partial charge in [0.25, 0.3) is 5.91 Å². The summed E-state index contributed by atoms with van der Waals surface area (Å²) in [6.07, 6.45) is 0. The van der Waals surface area contributed by atoms with Gasteiger partial charge < -0.3 is 14.1 Å². The minimum atomic E-state index is -0.450. The van der Waals surface area contributed by atoms with E-state index < -0.39 is 5.97 Å². The van der Waals surface area contributed by atoms with Crippen LogP contribution < -0.4 is 0 Å². The Hall–Kier alpha value is -1.78. The zero-order valence-electron chi connectivity index (χ0n) is 9.86. The molecule has 0 unspecified atom stereocenters. The number of amides is 1. The molecule has 0 atom stereocenters. The Morgan fingerprint density at radius 3 is 2.50 bits per heavy atom. The van der Waals surface area contributed by atoms with E-state index in [0.29, 0.717) is 17.1 Å². The molecular formula is C11H15NO4. The van der Waals surface area contributed by atoms with E-state index in [4.69, 9.17) is 4.42 Å². The van der Waals surface area contributed by atoms with E-state index >= 15 is 0 Å². The topological polar surface area (TPSA) is 59.8 Å². The van der Waals surface area contributed by atoms with Crippen molar-refractivity contribution in [2.75, 3.05) is 20.7 Å². The molecule has 16 heavy (non-hydrogen) atoms. The SMILES string of the molecule is COC(=O)CN(C)C(=O)c1cc(C)oc1C. The number of hydrogen-bond donors (Lipinski definition) is 0. The minimum absolute atomic E-state index is 0.0704. The summed E-state index contributed by atoms with van der Waals surface area (Å²) in [5.41, 5.74) is 0.476. The number of methoxy groups -OCH3 is 1. The molecule has 5 heteroatoms. The van der Waals surface area contributed by atoms with Crippen LogP contribution >= 0.6 is 0 Å². The molecule has 5 nitrogen and oxygen atoms in total. The Bertz CT molecular complexity index is 408. The molecular weight excluding hydrogens is 210 g/mol. The van der Waals surface area contributed by atoms with Crippen molar-refractivity contribution >= 4 is 11.9 Å². The van der Waals surface area contributed by atoms with Crippen molar-refractivity contribution in [1.82, 2.24) is 4.90 Å². The van der Waals surface area contributed by atoms with Crippen molar-refractivity contribution in [2.24, 2.45) is 0 Å². The summed E-state index contributed by atoms with van der Waals surface area (Å²) in [6, 6.07) is 1.66. The van der Waals surface area contributed by atoms with Gasteiger partial charge in [-0.2, -0.15) is 0 Å². The number of nitrogens with zero attached hydrogens (tertiary/aromatic N) is 1. The van der Waals surface area contributed by atoms with Crippen LogP contribution in [0.25, 0.3) is 0 Å². The van der Waals surface area contributed by atoms with Crippen molar-refractivity contribution in [2.45, 2.75) is 13.8 Å². The summed E-state index contributed by atoms with van der Waals surface area (Å²) in [5.74, 6) is 0.528. The van der Waals surface area contributed by atoms with Crippen molar-refractivity contribution in [3.8, 4) is 0 Å². The first-order chi connectivity index (χ1) is 7.45. The van der Waals surface area contributed by atoms with E-state index in [0.717, 1.165) is 0 Å². The lowest BCUT2D eigenvalue weighted by Gasteiger charge is -2.14. The quantitative estimate of drug-likeness (QED) is 0.724. The number of aryl methyl sites for hydroxylation is 2. The molecule has 0 aliphatic rings. The van der Waals surface area contributed by atoms with Crippen molar-refractivity contribution in [3.05, 3.63) is 23.2 Å². The first kappa shape index (κ1) is 12.3. The molecule has 0 saturated heterocycles. The molecule has 0 saturated carbocycles. The first-order valence-electron chi connectivity index (χ1n) is 4.85. The minimum Gasteiger partial charge on any atom is -0.468 e. The number of esters is 1. The molecule has 0 aliphatic heterocycles. The average Bonchev–Trinajstić information content (AvgIpc) is 2.56. The van der Waals surface area contributed by atoms with Crippen LogP contribution in [0.2, 0.25) is 0 Å². The lowest BCUT2D eigenvalue weighted by Crippen LogP contribution is -2.32. The van der Waals surface area contributed by atoms with Crippen LogP contribution in [0.4, 0.5) is 0 Å². The summed E-state index contributed by atoms with van der Waals surface area (Å²) < 4.78 is 9.74. The maximum Gasteiger partial charge on any atom is 0.325 e. The third kappa shape index (κ3) is 2.62. The Morgan fingerprint density at radius 2 is 2.06 bits per heavy atom. The fourth-order valence-corrected chi connectivity index (χ4v) is 1.38. The average molecular weight is 225 g/mol. The van der Waals surface area contributed by atoms with E-state index in [1.54, 1.807) is 27.0 Å². The number of rotatable bonds is 3. The van der Waals surface area contributed by atoms with Crippen LogP contribution in [0.5, 0.6) is 0 Å². The Labute approximate surface area is 94.0 Å². The third-order valence-corrected chi connectivity index (χ3v) is 2.21. The van der Waals surface area contributed by atoms with E-state index in [1.165, 1.54) is 12.0 Å². The highest BCUT2D eigenvalue weighted by Crippen LogP contribution is 2.15. The summed E-state index contributed by atoms with van der Waals surface area (Å²) in [6.45, 7) is 3.41. The fraction of sp³-hybridized carbons (Fsp3) is 0.455. The van der Waals surface area contributed by atoms with Gasteiger partial charge in [0, 0.05) is 7.05 Å². The van der Waals surface area contributed by atoms with Crippen LogP contribution in [0.1, 0.15) is 21.9 Å². The number of ether oxygens (including phenoxy) is 1. The van der Waals surface area contributed by atoms with Crippen LogP contribution in [-0.2, 0) is 9.53 Å². The molecule has 1 amide bonds. The lowest BCUT2D eigenvalue weighted by atomic mass is 10.2. The largest absolute Gasteiger partial charge is 0.468 e. The Kier molecular flexibility index (Phi) is 3.71. The predicted octanol–water partition coefficient (Wildman–Crippen LogP) is 1.14. The number of furan rings is 1. The summed E-state index contributed by atoms with van der Waals surface area (Å²) in [7, 11) is 2.83. The van der Waals surface area contributed by atoms with Crippen LogP contribution in [0.15, 0.2) is 10.5 Å². The second kappa shape index (κ2) is 4.83. The number of carbonyl (C=O) groups is 2. The van der Waals surface area contributed by atoms with E-state index in [-0.39, 0.29) is 12.5 Å². The van der Waals surface area contributed by atoms with Crippen LogP contribution in [0.3, 0.4) is 0 Å². The monoisotopic (exact) mass is 225 g/mol. The molecule has 0 N–H and O–H groups in total. The highest BCUT2D eigenvalue weighted by Gasteiger charge is 2.19. The second-order valence-electron chi connectivity index (χ2n) is 3.56. The number of likely N-dealkylation sites (N-methyl/N-ethyl adjacent to an activating group) is 1. The molecule has 0 aromatic carbocycles. The molecule has 0 radical (unpaired) electrons. The molecule has 1 rings (SSSR count). The third-order valence-electron chi connectivity index (χ3n) is 2.21. The van der Waals surface area contributed by atoms with Crippen molar-refractivity contribution < 1.29 is 18.7 Å². The van der Waals surface area contributed by atoms with E-state index in [2.05, 4.69) is 4.74 Å². The second-order valence-corrected chi connectivity index (χ2v) is 3.56. The van der Waals surface area contributed by atoms with Gasteiger partial charge in [-0.1, -0.05) is 0 Å². The van der Waals surface area contributed by atoms with Gasteiger partial charge in [0.15, 0.2) is 0 Å². The first-order valence-corrected chi connectivity index (χ1v) is 4.85.